The maximum absolute atomic E-state index is 13.0. The molecule has 2 aromatic heterocycles. The van der Waals surface area contributed by atoms with Gasteiger partial charge < -0.3 is 5.32 Å². The fraction of sp³-hybridized carbons (Fsp3) is 0.130. The second kappa shape index (κ2) is 8.54. The zero-order valence-electron chi connectivity index (χ0n) is 15.7. The van der Waals surface area contributed by atoms with E-state index < -0.39 is 0 Å². The molecule has 2 heterocycles. The monoisotopic (exact) mass is 440 g/mol. The lowest BCUT2D eigenvalue weighted by Crippen LogP contribution is -2.26. The van der Waals surface area contributed by atoms with Crippen molar-refractivity contribution in [2.75, 3.05) is 6.54 Å². The van der Waals surface area contributed by atoms with Crippen LogP contribution in [0.5, 0.6) is 0 Å². The van der Waals surface area contributed by atoms with Crippen molar-refractivity contribution in [1.82, 2.24) is 10.3 Å². The van der Waals surface area contributed by atoms with Gasteiger partial charge in [-0.15, -0.1) is 11.3 Å². The number of hydrogen-bond donors (Lipinski definition) is 1. The molecule has 2 aromatic carbocycles. The zero-order valence-corrected chi connectivity index (χ0v) is 18.0. The SMILES string of the molecule is Cc1ccc2nc(-c3cccs3)cc(C(=O)NCCc3ccc(Cl)cc3Cl)c2c1. The lowest BCUT2D eigenvalue weighted by atomic mass is 10.0. The van der Waals surface area contributed by atoms with Crippen molar-refractivity contribution in [2.45, 2.75) is 13.3 Å². The van der Waals surface area contributed by atoms with E-state index >= 15 is 0 Å². The van der Waals surface area contributed by atoms with Crippen LogP contribution in [-0.4, -0.2) is 17.4 Å². The molecule has 146 valence electrons. The molecule has 0 aliphatic rings. The molecule has 0 unspecified atom stereocenters. The molecule has 4 aromatic rings. The molecular weight excluding hydrogens is 423 g/mol. The first kappa shape index (κ1) is 19.9. The highest BCUT2D eigenvalue weighted by Crippen LogP contribution is 2.28. The van der Waals surface area contributed by atoms with E-state index in [1.807, 2.05) is 54.8 Å². The fourth-order valence-electron chi connectivity index (χ4n) is 3.21. The number of aromatic nitrogens is 1. The van der Waals surface area contributed by atoms with E-state index in [-0.39, 0.29) is 5.91 Å². The molecule has 0 bridgehead atoms. The van der Waals surface area contributed by atoms with Gasteiger partial charge in [-0.3, -0.25) is 4.79 Å². The number of amides is 1. The quantitative estimate of drug-likeness (QED) is 0.382. The maximum Gasteiger partial charge on any atom is 0.252 e. The van der Waals surface area contributed by atoms with E-state index in [0.717, 1.165) is 32.6 Å². The number of carbonyl (C=O) groups excluding carboxylic acids is 1. The second-order valence-electron chi connectivity index (χ2n) is 6.79. The summed E-state index contributed by atoms with van der Waals surface area (Å²) in [7, 11) is 0. The zero-order chi connectivity index (χ0) is 20.4. The van der Waals surface area contributed by atoms with Gasteiger partial charge in [0.1, 0.15) is 0 Å². The average Bonchev–Trinajstić information content (AvgIpc) is 3.23. The van der Waals surface area contributed by atoms with Gasteiger partial charge in [0.2, 0.25) is 0 Å². The minimum atomic E-state index is -0.120. The number of carbonyl (C=O) groups is 1. The third kappa shape index (κ3) is 4.45. The van der Waals surface area contributed by atoms with E-state index in [1.165, 1.54) is 0 Å². The fourth-order valence-corrected chi connectivity index (χ4v) is 4.40. The van der Waals surface area contributed by atoms with Crippen molar-refractivity contribution in [1.29, 1.82) is 0 Å². The maximum atomic E-state index is 13.0. The van der Waals surface area contributed by atoms with Gasteiger partial charge in [-0.05, 0) is 60.7 Å². The first-order valence-electron chi connectivity index (χ1n) is 9.18. The van der Waals surface area contributed by atoms with Gasteiger partial charge in [-0.2, -0.15) is 0 Å². The van der Waals surface area contributed by atoms with Gasteiger partial charge in [-0.25, -0.2) is 4.98 Å². The molecule has 0 fully saturated rings. The summed E-state index contributed by atoms with van der Waals surface area (Å²) in [5.41, 5.74) is 4.29. The van der Waals surface area contributed by atoms with Gasteiger partial charge in [-0.1, -0.05) is 47.0 Å². The Kier molecular flexibility index (Phi) is 5.86. The van der Waals surface area contributed by atoms with E-state index in [4.69, 9.17) is 28.2 Å². The summed E-state index contributed by atoms with van der Waals surface area (Å²) in [6.07, 6.45) is 0.627. The molecule has 1 N–H and O–H groups in total. The molecule has 0 spiro atoms. The lowest BCUT2D eigenvalue weighted by molar-refractivity contribution is 0.0956. The molecule has 0 aliphatic carbocycles. The molecule has 3 nitrogen and oxygen atoms in total. The Morgan fingerprint density at radius 3 is 2.72 bits per heavy atom. The molecule has 0 atom stereocenters. The first-order valence-corrected chi connectivity index (χ1v) is 10.8. The van der Waals surface area contributed by atoms with Gasteiger partial charge in [0.25, 0.3) is 5.91 Å². The minimum absolute atomic E-state index is 0.120. The highest BCUT2D eigenvalue weighted by Gasteiger charge is 2.15. The Bertz CT molecular complexity index is 1190. The summed E-state index contributed by atoms with van der Waals surface area (Å²) < 4.78 is 0. The van der Waals surface area contributed by atoms with Gasteiger partial charge >= 0.3 is 0 Å². The average molecular weight is 441 g/mol. The van der Waals surface area contributed by atoms with Gasteiger partial charge in [0, 0.05) is 22.0 Å². The number of halogens is 2. The van der Waals surface area contributed by atoms with Crippen LogP contribution in [0.2, 0.25) is 10.0 Å². The van der Waals surface area contributed by atoms with Crippen LogP contribution in [0.15, 0.2) is 60.0 Å². The number of pyridine rings is 1. The Labute approximate surface area is 183 Å². The van der Waals surface area contributed by atoms with Crippen LogP contribution >= 0.6 is 34.5 Å². The molecule has 0 aliphatic heterocycles. The third-order valence-electron chi connectivity index (χ3n) is 4.68. The van der Waals surface area contributed by atoms with Gasteiger partial charge in [0.15, 0.2) is 0 Å². The van der Waals surface area contributed by atoms with E-state index in [0.29, 0.717) is 28.6 Å². The Hall–Kier alpha value is -2.40. The van der Waals surface area contributed by atoms with Crippen molar-refractivity contribution in [3.8, 4) is 10.6 Å². The van der Waals surface area contributed by atoms with Crippen LogP contribution in [0.3, 0.4) is 0 Å². The van der Waals surface area contributed by atoms with Crippen molar-refractivity contribution in [3.63, 3.8) is 0 Å². The van der Waals surface area contributed by atoms with E-state index in [2.05, 4.69) is 5.32 Å². The number of nitrogens with zero attached hydrogens (tertiary/aromatic N) is 1. The van der Waals surface area contributed by atoms with Crippen LogP contribution in [0.4, 0.5) is 0 Å². The molecule has 6 heteroatoms. The third-order valence-corrected chi connectivity index (χ3v) is 6.16. The summed E-state index contributed by atoms with van der Waals surface area (Å²) in [4.78, 5) is 18.8. The number of nitrogens with one attached hydrogen (secondary N) is 1. The highest BCUT2D eigenvalue weighted by molar-refractivity contribution is 7.13. The molecule has 0 saturated heterocycles. The van der Waals surface area contributed by atoms with Crippen molar-refractivity contribution in [2.24, 2.45) is 0 Å². The van der Waals surface area contributed by atoms with E-state index in [1.54, 1.807) is 23.5 Å². The number of fused-ring (bicyclic) bond motifs is 1. The molecule has 4 rings (SSSR count). The van der Waals surface area contributed by atoms with E-state index in [9.17, 15) is 4.79 Å². The Balaban J connectivity index is 1.61. The van der Waals surface area contributed by atoms with Crippen LogP contribution in [0, 0.1) is 6.92 Å². The van der Waals surface area contributed by atoms with Crippen molar-refractivity contribution in [3.05, 3.63) is 86.7 Å². The largest absolute Gasteiger partial charge is 0.352 e. The Morgan fingerprint density at radius 1 is 1.10 bits per heavy atom. The molecule has 29 heavy (non-hydrogen) atoms. The first-order chi connectivity index (χ1) is 14.0. The molecule has 1 amide bonds. The van der Waals surface area contributed by atoms with Gasteiger partial charge in [0.05, 0.1) is 21.7 Å². The standard InChI is InChI=1S/C23H18Cl2N2OS/c1-14-4-7-20-17(11-14)18(13-21(27-20)22-3-2-10-29-22)23(28)26-9-8-15-5-6-16(24)12-19(15)25/h2-7,10-13H,8-9H2,1H3,(H,26,28). The second-order valence-corrected chi connectivity index (χ2v) is 8.59. The topological polar surface area (TPSA) is 42.0 Å². The Morgan fingerprint density at radius 2 is 1.97 bits per heavy atom. The van der Waals surface area contributed by atoms with Crippen molar-refractivity contribution >= 4 is 51.3 Å². The highest BCUT2D eigenvalue weighted by atomic mass is 35.5. The number of rotatable bonds is 5. The van der Waals surface area contributed by atoms with Crippen molar-refractivity contribution < 1.29 is 4.79 Å². The molecule has 0 saturated carbocycles. The summed E-state index contributed by atoms with van der Waals surface area (Å²) in [5, 5.41) is 7.09. The smallest absolute Gasteiger partial charge is 0.252 e. The number of thiophene rings is 1. The number of benzene rings is 2. The summed E-state index contributed by atoms with van der Waals surface area (Å²) in [5.74, 6) is -0.120. The summed E-state index contributed by atoms with van der Waals surface area (Å²) in [6, 6.07) is 17.3. The van der Waals surface area contributed by atoms with Crippen LogP contribution in [0.1, 0.15) is 21.5 Å². The molecule has 0 radical (unpaired) electrons. The lowest BCUT2D eigenvalue weighted by Gasteiger charge is -2.11. The summed E-state index contributed by atoms with van der Waals surface area (Å²) >= 11 is 13.8. The summed E-state index contributed by atoms with van der Waals surface area (Å²) in [6.45, 7) is 2.49. The number of hydrogen-bond acceptors (Lipinski definition) is 3. The predicted octanol–water partition coefficient (Wildman–Crippen LogP) is 6.55. The van der Waals surface area contributed by atoms with Crippen LogP contribution in [0.25, 0.3) is 21.5 Å². The van der Waals surface area contributed by atoms with Crippen LogP contribution < -0.4 is 5.32 Å². The minimum Gasteiger partial charge on any atom is -0.352 e. The molecular formula is C23H18Cl2N2OS. The van der Waals surface area contributed by atoms with Crippen LogP contribution in [-0.2, 0) is 6.42 Å². The normalized spacial score (nSPS) is 11.0. The number of aryl methyl sites for hydroxylation is 1. The predicted molar refractivity (Wildman–Crippen MR) is 122 cm³/mol.